The first kappa shape index (κ1) is 52.3. The molecule has 0 amide bonds. The topological polar surface area (TPSA) is 210 Å². The first-order chi connectivity index (χ1) is 26.9. The van der Waals surface area contributed by atoms with Gasteiger partial charge in [0.25, 0.3) is 0 Å². The van der Waals surface area contributed by atoms with Crippen molar-refractivity contribution >= 4 is 19.8 Å². The van der Waals surface area contributed by atoms with Crippen molar-refractivity contribution in [3.63, 3.8) is 0 Å². The second-order valence-electron chi connectivity index (χ2n) is 15.2. The number of phosphoric acid groups is 1. The van der Waals surface area contributed by atoms with Gasteiger partial charge in [-0.1, -0.05) is 122 Å². The Morgan fingerprint density at radius 2 is 0.911 bits per heavy atom. The number of unbranched alkanes of at least 4 members (excludes halogenated alkanes) is 19. The molecule has 1 fully saturated rings. The van der Waals surface area contributed by atoms with Crippen molar-refractivity contribution in [1.82, 2.24) is 0 Å². The highest BCUT2D eigenvalue weighted by Gasteiger charge is 2.51. The van der Waals surface area contributed by atoms with Crippen LogP contribution in [-0.2, 0) is 32.7 Å². The fourth-order valence-electron chi connectivity index (χ4n) is 6.45. The van der Waals surface area contributed by atoms with Gasteiger partial charge in [0.05, 0.1) is 6.61 Å². The molecule has 0 aromatic carbocycles. The molecular weight excluding hydrogens is 743 g/mol. The first-order valence-corrected chi connectivity index (χ1v) is 23.1. The van der Waals surface area contributed by atoms with E-state index in [1.165, 1.54) is 70.6 Å². The van der Waals surface area contributed by atoms with Crippen LogP contribution in [0.1, 0.15) is 174 Å². The van der Waals surface area contributed by atoms with Crippen LogP contribution in [0, 0.1) is 0 Å². The zero-order chi connectivity index (χ0) is 41.4. The van der Waals surface area contributed by atoms with Gasteiger partial charge in [0, 0.05) is 12.8 Å². The highest BCUT2D eigenvalue weighted by molar-refractivity contribution is 7.47. The average Bonchev–Trinajstić information content (AvgIpc) is 3.18. The largest absolute Gasteiger partial charge is 0.472 e. The Hall–Kier alpha value is -1.67. The molecule has 1 rings (SSSR count). The highest BCUT2D eigenvalue weighted by Crippen LogP contribution is 2.47. The number of esters is 2. The zero-order valence-electron chi connectivity index (χ0n) is 34.4. The van der Waals surface area contributed by atoms with E-state index in [2.05, 4.69) is 38.2 Å². The Labute approximate surface area is 336 Å². The lowest BCUT2D eigenvalue weighted by Crippen LogP contribution is -2.64. The number of ether oxygens (including phenoxy) is 2. The van der Waals surface area contributed by atoms with Crippen molar-refractivity contribution in [2.45, 2.75) is 217 Å². The molecule has 0 aliphatic heterocycles. The normalized spacial score (nSPS) is 23.1. The van der Waals surface area contributed by atoms with Gasteiger partial charge in [-0.05, 0) is 64.2 Å². The second kappa shape index (κ2) is 33.2. The van der Waals surface area contributed by atoms with Crippen LogP contribution >= 0.6 is 7.82 Å². The van der Waals surface area contributed by atoms with Gasteiger partial charge >= 0.3 is 19.8 Å². The lowest BCUT2D eigenvalue weighted by Gasteiger charge is -2.41. The number of aliphatic hydroxyl groups excluding tert-OH is 5. The summed E-state index contributed by atoms with van der Waals surface area (Å²) >= 11 is 0. The Morgan fingerprint density at radius 1 is 0.536 bits per heavy atom. The van der Waals surface area contributed by atoms with Gasteiger partial charge in [0.2, 0.25) is 0 Å². The van der Waals surface area contributed by atoms with Gasteiger partial charge in [0.1, 0.15) is 43.2 Å². The first-order valence-electron chi connectivity index (χ1n) is 21.6. The monoisotopic (exact) mass is 821 g/mol. The molecule has 0 aromatic rings. The molecule has 328 valence electrons. The van der Waals surface area contributed by atoms with E-state index in [9.17, 15) is 44.6 Å². The Bertz CT molecular complexity index is 1090. The molecule has 0 heterocycles. The lowest BCUT2D eigenvalue weighted by molar-refractivity contribution is -0.220. The maximum atomic E-state index is 12.8. The minimum Gasteiger partial charge on any atom is -0.462 e. The zero-order valence-corrected chi connectivity index (χ0v) is 35.3. The summed E-state index contributed by atoms with van der Waals surface area (Å²) in [6, 6.07) is 0. The van der Waals surface area contributed by atoms with Crippen LogP contribution in [0.5, 0.6) is 0 Å². The summed E-state index contributed by atoms with van der Waals surface area (Å²) in [5.74, 6) is -1.13. The third-order valence-corrected chi connectivity index (χ3v) is 11.0. The number of hydrogen-bond donors (Lipinski definition) is 6. The van der Waals surface area contributed by atoms with Gasteiger partial charge in [-0.25, -0.2) is 4.57 Å². The van der Waals surface area contributed by atoms with Crippen LogP contribution in [0.4, 0.5) is 0 Å². The predicted molar refractivity (Wildman–Crippen MR) is 217 cm³/mol. The molecule has 6 unspecified atom stereocenters. The maximum absolute atomic E-state index is 12.8. The van der Waals surface area contributed by atoms with Gasteiger partial charge < -0.3 is 39.9 Å². The van der Waals surface area contributed by atoms with Gasteiger partial charge in [-0.2, -0.15) is 0 Å². The van der Waals surface area contributed by atoms with Crippen molar-refractivity contribution in [3.05, 3.63) is 24.3 Å². The SMILES string of the molecule is CCCCCCC/C=C/CCCCCCCC(=O)OC[C@@H](COP(=O)(O)OC1C(O)C(O)C(O)[C@H](O)C1O)OC(=O)CCCCC/C=C/CCCCCCCC. The molecule has 1 aliphatic carbocycles. The van der Waals surface area contributed by atoms with Gasteiger partial charge in [-0.3, -0.25) is 18.6 Å². The molecule has 1 aliphatic rings. The fourth-order valence-corrected chi connectivity index (χ4v) is 7.42. The molecule has 0 saturated heterocycles. The minimum atomic E-state index is -5.12. The van der Waals surface area contributed by atoms with Crippen LogP contribution in [0.2, 0.25) is 0 Å². The van der Waals surface area contributed by atoms with Crippen molar-refractivity contribution in [1.29, 1.82) is 0 Å². The molecule has 8 atom stereocenters. The summed E-state index contributed by atoms with van der Waals surface area (Å²) in [4.78, 5) is 35.6. The molecular formula is C42H77O13P. The third-order valence-electron chi connectivity index (χ3n) is 10.0. The Morgan fingerprint density at radius 3 is 1.38 bits per heavy atom. The van der Waals surface area contributed by atoms with Crippen molar-refractivity contribution < 1.29 is 63.1 Å². The fraction of sp³-hybridized carbons (Fsp3) is 0.857. The van der Waals surface area contributed by atoms with Crippen LogP contribution < -0.4 is 0 Å². The molecule has 1 saturated carbocycles. The second-order valence-corrected chi connectivity index (χ2v) is 16.6. The van der Waals surface area contributed by atoms with Crippen LogP contribution in [0.15, 0.2) is 24.3 Å². The molecule has 0 spiro atoms. The van der Waals surface area contributed by atoms with E-state index in [1.807, 2.05) is 0 Å². The Balaban J connectivity index is 2.51. The lowest BCUT2D eigenvalue weighted by atomic mass is 9.85. The summed E-state index contributed by atoms with van der Waals surface area (Å²) in [5, 5.41) is 50.0. The van der Waals surface area contributed by atoms with E-state index in [1.54, 1.807) is 0 Å². The maximum Gasteiger partial charge on any atom is 0.472 e. The van der Waals surface area contributed by atoms with Crippen molar-refractivity contribution in [2.75, 3.05) is 13.2 Å². The van der Waals surface area contributed by atoms with Crippen LogP contribution in [0.3, 0.4) is 0 Å². The van der Waals surface area contributed by atoms with E-state index in [0.717, 1.165) is 64.2 Å². The van der Waals surface area contributed by atoms with E-state index in [4.69, 9.17) is 18.5 Å². The van der Waals surface area contributed by atoms with Crippen LogP contribution in [-0.4, -0.2) is 98.3 Å². The molecule has 13 nitrogen and oxygen atoms in total. The van der Waals surface area contributed by atoms with Crippen molar-refractivity contribution in [3.8, 4) is 0 Å². The third kappa shape index (κ3) is 25.6. The molecule has 14 heteroatoms. The Kier molecular flexibility index (Phi) is 31.0. The molecule has 6 N–H and O–H groups in total. The number of rotatable bonds is 35. The number of phosphoric ester groups is 1. The molecule has 0 bridgehead atoms. The average molecular weight is 821 g/mol. The van der Waals surface area contributed by atoms with Gasteiger partial charge in [-0.15, -0.1) is 0 Å². The molecule has 0 radical (unpaired) electrons. The smallest absolute Gasteiger partial charge is 0.462 e. The number of carbonyl (C=O) groups is 2. The molecule has 56 heavy (non-hydrogen) atoms. The van der Waals surface area contributed by atoms with E-state index < -0.39 is 75.7 Å². The number of allylic oxidation sites excluding steroid dienone is 4. The summed E-state index contributed by atoms with van der Waals surface area (Å²) in [5.41, 5.74) is 0. The van der Waals surface area contributed by atoms with E-state index in [-0.39, 0.29) is 12.8 Å². The summed E-state index contributed by atoms with van der Waals surface area (Å²) < 4.78 is 33.4. The van der Waals surface area contributed by atoms with E-state index >= 15 is 0 Å². The van der Waals surface area contributed by atoms with Crippen molar-refractivity contribution in [2.24, 2.45) is 0 Å². The molecule has 0 aromatic heterocycles. The summed E-state index contributed by atoms with van der Waals surface area (Å²) in [6.45, 7) is 3.24. The number of aliphatic hydroxyl groups is 5. The van der Waals surface area contributed by atoms with E-state index in [0.29, 0.717) is 12.8 Å². The minimum absolute atomic E-state index is 0.0760. The number of hydrogen-bond acceptors (Lipinski definition) is 12. The summed E-state index contributed by atoms with van der Waals surface area (Å²) in [6.07, 6.45) is 21.0. The van der Waals surface area contributed by atoms with Crippen LogP contribution in [0.25, 0.3) is 0 Å². The standard InChI is InChI=1S/C42H77O13P/c1-3-5-7-9-11-13-15-17-19-20-22-24-26-28-30-35(43)52-32-34(33-53-56(50,51)55-42-40(48)38(46)37(45)39(47)41(42)49)54-36(44)31-29-27-25-23-21-18-16-14-12-10-8-6-4-2/h15,17-18,21,34,37-42,45-49H,3-14,16,19-20,22-33H2,1-2H3,(H,50,51)/b17-15+,21-18+/t34-,37?,38-,39?,40?,41?,42?/m0/s1. The summed E-state index contributed by atoms with van der Waals surface area (Å²) in [7, 11) is -5.12. The quantitative estimate of drug-likeness (QED) is 0.0157. The number of carbonyl (C=O) groups excluding carboxylic acids is 2. The predicted octanol–water partition coefficient (Wildman–Crippen LogP) is 7.67. The highest BCUT2D eigenvalue weighted by atomic mass is 31.2. The van der Waals surface area contributed by atoms with Gasteiger partial charge in [0.15, 0.2) is 6.10 Å².